The van der Waals surface area contributed by atoms with E-state index in [0.29, 0.717) is 25.4 Å². The predicted molar refractivity (Wildman–Crippen MR) is 78.9 cm³/mol. The molecule has 1 aromatic heterocycles. The summed E-state index contributed by atoms with van der Waals surface area (Å²) < 4.78 is 20.2. The van der Waals surface area contributed by atoms with Gasteiger partial charge in [0.15, 0.2) is 0 Å². The molecule has 0 amide bonds. The molecule has 1 N–H and O–H groups in total. The molecule has 114 valence electrons. The van der Waals surface area contributed by atoms with Crippen molar-refractivity contribution < 1.29 is 9.13 Å². The molecule has 1 aromatic carbocycles. The summed E-state index contributed by atoms with van der Waals surface area (Å²) in [5, 5.41) is 11.4. The SMILES string of the molecule is CCCNCc1cn(CCOc2ccc(F)c(Cl)c2)nn1. The average molecular weight is 313 g/mol. The average Bonchev–Trinajstić information content (AvgIpc) is 2.91. The fraction of sp³-hybridized carbons (Fsp3) is 0.429. The molecule has 0 bridgehead atoms. The van der Waals surface area contributed by atoms with Gasteiger partial charge in [-0.25, -0.2) is 9.07 Å². The molecule has 0 aliphatic heterocycles. The van der Waals surface area contributed by atoms with E-state index in [9.17, 15) is 4.39 Å². The second-order valence-corrected chi connectivity index (χ2v) is 4.98. The van der Waals surface area contributed by atoms with Crippen molar-refractivity contribution in [2.45, 2.75) is 26.4 Å². The van der Waals surface area contributed by atoms with Crippen molar-refractivity contribution >= 4 is 11.6 Å². The second kappa shape index (κ2) is 7.95. The first-order valence-electron chi connectivity index (χ1n) is 6.86. The Bertz CT molecular complexity index is 576. The Morgan fingerprint density at radius 3 is 3.05 bits per heavy atom. The zero-order valence-electron chi connectivity index (χ0n) is 11.9. The molecule has 21 heavy (non-hydrogen) atoms. The Balaban J connectivity index is 1.76. The third-order valence-electron chi connectivity index (χ3n) is 2.80. The molecule has 0 fully saturated rings. The van der Waals surface area contributed by atoms with Crippen LogP contribution >= 0.6 is 11.6 Å². The predicted octanol–water partition coefficient (Wildman–Crippen LogP) is 2.65. The van der Waals surface area contributed by atoms with Crippen molar-refractivity contribution in [1.82, 2.24) is 20.3 Å². The van der Waals surface area contributed by atoms with Gasteiger partial charge in [-0.3, -0.25) is 0 Å². The highest BCUT2D eigenvalue weighted by Gasteiger charge is 2.03. The Morgan fingerprint density at radius 2 is 2.29 bits per heavy atom. The van der Waals surface area contributed by atoms with Crippen LogP contribution in [0.2, 0.25) is 5.02 Å². The van der Waals surface area contributed by atoms with E-state index in [1.54, 1.807) is 10.7 Å². The first-order valence-corrected chi connectivity index (χ1v) is 7.24. The minimum Gasteiger partial charge on any atom is -0.492 e. The van der Waals surface area contributed by atoms with Gasteiger partial charge in [0.1, 0.15) is 18.2 Å². The Morgan fingerprint density at radius 1 is 1.43 bits per heavy atom. The summed E-state index contributed by atoms with van der Waals surface area (Å²) in [5.41, 5.74) is 0.897. The number of aromatic nitrogens is 3. The maximum atomic E-state index is 13.0. The normalized spacial score (nSPS) is 10.8. The summed E-state index contributed by atoms with van der Waals surface area (Å²) in [6, 6.07) is 4.28. The number of nitrogens with zero attached hydrogens (tertiary/aromatic N) is 3. The lowest BCUT2D eigenvalue weighted by atomic mass is 10.3. The minimum absolute atomic E-state index is 0.0533. The van der Waals surface area contributed by atoms with Gasteiger partial charge in [-0.2, -0.15) is 0 Å². The van der Waals surface area contributed by atoms with Crippen molar-refractivity contribution in [1.29, 1.82) is 0 Å². The lowest BCUT2D eigenvalue weighted by Crippen LogP contribution is -2.14. The number of ether oxygens (including phenoxy) is 1. The highest BCUT2D eigenvalue weighted by molar-refractivity contribution is 6.30. The molecule has 0 spiro atoms. The van der Waals surface area contributed by atoms with Crippen LogP contribution in [0.4, 0.5) is 4.39 Å². The summed E-state index contributed by atoms with van der Waals surface area (Å²) in [4.78, 5) is 0. The molecule has 0 radical (unpaired) electrons. The largest absolute Gasteiger partial charge is 0.492 e. The van der Waals surface area contributed by atoms with Gasteiger partial charge in [-0.1, -0.05) is 23.7 Å². The minimum atomic E-state index is -0.454. The number of rotatable bonds is 8. The van der Waals surface area contributed by atoms with Crippen molar-refractivity contribution in [3.63, 3.8) is 0 Å². The number of hydrogen-bond donors (Lipinski definition) is 1. The van der Waals surface area contributed by atoms with Crippen LogP contribution in [0, 0.1) is 5.82 Å². The van der Waals surface area contributed by atoms with E-state index in [1.807, 2.05) is 6.20 Å². The van der Waals surface area contributed by atoms with E-state index in [0.717, 1.165) is 18.7 Å². The summed E-state index contributed by atoms with van der Waals surface area (Å²) >= 11 is 5.68. The third-order valence-corrected chi connectivity index (χ3v) is 3.09. The molecule has 7 heteroatoms. The lowest BCUT2D eigenvalue weighted by Gasteiger charge is -2.06. The molecule has 0 unspecified atom stereocenters. The third kappa shape index (κ3) is 4.99. The van der Waals surface area contributed by atoms with Gasteiger partial charge < -0.3 is 10.1 Å². The molecule has 5 nitrogen and oxygen atoms in total. The molecule has 0 atom stereocenters. The fourth-order valence-corrected chi connectivity index (χ4v) is 1.92. The van der Waals surface area contributed by atoms with E-state index < -0.39 is 5.82 Å². The van der Waals surface area contributed by atoms with E-state index >= 15 is 0 Å². The van der Waals surface area contributed by atoms with Crippen LogP contribution < -0.4 is 10.1 Å². The van der Waals surface area contributed by atoms with Gasteiger partial charge in [0.2, 0.25) is 0 Å². The number of nitrogens with one attached hydrogen (secondary N) is 1. The summed E-state index contributed by atoms with van der Waals surface area (Å²) in [6.45, 7) is 4.76. The van der Waals surface area contributed by atoms with Crippen molar-refractivity contribution in [2.75, 3.05) is 13.2 Å². The van der Waals surface area contributed by atoms with Gasteiger partial charge in [0.25, 0.3) is 0 Å². The van der Waals surface area contributed by atoms with Crippen molar-refractivity contribution in [2.24, 2.45) is 0 Å². The summed E-state index contributed by atoms with van der Waals surface area (Å²) in [6.07, 6.45) is 2.96. The molecule has 2 aromatic rings. The topological polar surface area (TPSA) is 52.0 Å². The summed E-state index contributed by atoms with van der Waals surface area (Å²) in [7, 11) is 0. The molecule has 0 aliphatic carbocycles. The first-order chi connectivity index (χ1) is 10.2. The maximum absolute atomic E-state index is 13.0. The van der Waals surface area contributed by atoms with Crippen LogP contribution in [-0.4, -0.2) is 28.1 Å². The Kier molecular flexibility index (Phi) is 5.95. The monoisotopic (exact) mass is 312 g/mol. The van der Waals surface area contributed by atoms with Crippen molar-refractivity contribution in [3.05, 3.63) is 40.9 Å². The molecular formula is C14H18ClFN4O. The number of benzene rings is 1. The molecule has 0 saturated carbocycles. The van der Waals surface area contributed by atoms with E-state index in [2.05, 4.69) is 22.6 Å². The van der Waals surface area contributed by atoms with Gasteiger partial charge in [0.05, 0.1) is 17.3 Å². The van der Waals surface area contributed by atoms with Gasteiger partial charge in [-0.05, 0) is 25.1 Å². The zero-order chi connectivity index (χ0) is 15.1. The van der Waals surface area contributed by atoms with Crippen LogP contribution in [-0.2, 0) is 13.1 Å². The lowest BCUT2D eigenvalue weighted by molar-refractivity contribution is 0.289. The van der Waals surface area contributed by atoms with E-state index in [-0.39, 0.29) is 5.02 Å². The van der Waals surface area contributed by atoms with Crippen LogP contribution in [0.5, 0.6) is 5.75 Å². The maximum Gasteiger partial charge on any atom is 0.142 e. The van der Waals surface area contributed by atoms with Gasteiger partial charge >= 0.3 is 0 Å². The van der Waals surface area contributed by atoms with Crippen molar-refractivity contribution in [3.8, 4) is 5.75 Å². The smallest absolute Gasteiger partial charge is 0.142 e. The van der Waals surface area contributed by atoms with Crippen LogP contribution in [0.1, 0.15) is 19.0 Å². The quantitative estimate of drug-likeness (QED) is 0.761. The van der Waals surface area contributed by atoms with Crippen LogP contribution in [0.15, 0.2) is 24.4 Å². The Labute approximate surface area is 128 Å². The summed E-state index contributed by atoms with van der Waals surface area (Å²) in [5.74, 6) is 0.0795. The molecular weight excluding hydrogens is 295 g/mol. The highest BCUT2D eigenvalue weighted by Crippen LogP contribution is 2.20. The standard InChI is InChI=1S/C14H18ClFN4O/c1-2-5-17-9-11-10-20(19-18-11)6-7-21-12-3-4-14(16)13(15)8-12/h3-4,8,10,17H,2,5-7,9H2,1H3. The number of hydrogen-bond acceptors (Lipinski definition) is 4. The molecule has 0 aliphatic rings. The molecule has 1 heterocycles. The number of halogens is 2. The van der Waals surface area contributed by atoms with E-state index in [1.165, 1.54) is 12.1 Å². The Hall–Kier alpha value is -1.66. The fourth-order valence-electron chi connectivity index (χ4n) is 1.75. The first kappa shape index (κ1) is 15.7. The van der Waals surface area contributed by atoms with Crippen LogP contribution in [0.25, 0.3) is 0 Å². The molecule has 2 rings (SSSR count). The van der Waals surface area contributed by atoms with Gasteiger partial charge in [-0.15, -0.1) is 5.10 Å². The highest BCUT2D eigenvalue weighted by atomic mass is 35.5. The van der Waals surface area contributed by atoms with Gasteiger partial charge in [0, 0.05) is 18.8 Å². The molecule has 0 saturated heterocycles. The van der Waals surface area contributed by atoms with E-state index in [4.69, 9.17) is 16.3 Å². The van der Waals surface area contributed by atoms with Crippen LogP contribution in [0.3, 0.4) is 0 Å². The second-order valence-electron chi connectivity index (χ2n) is 4.57. The zero-order valence-corrected chi connectivity index (χ0v) is 12.6.